The van der Waals surface area contributed by atoms with E-state index in [-0.39, 0.29) is 29.5 Å². The van der Waals surface area contributed by atoms with E-state index >= 15 is 0 Å². The van der Waals surface area contributed by atoms with Gasteiger partial charge in [-0.15, -0.1) is 0 Å². The number of nitrogens with zero attached hydrogens (tertiary/aromatic N) is 3. The maximum atomic E-state index is 13.3. The van der Waals surface area contributed by atoms with Crippen molar-refractivity contribution < 1.29 is 17.6 Å². The molecule has 0 unspecified atom stereocenters. The van der Waals surface area contributed by atoms with Crippen LogP contribution in [0.25, 0.3) is 0 Å². The maximum absolute atomic E-state index is 13.3. The number of hydrogen-bond acceptors (Lipinski definition) is 5. The van der Waals surface area contributed by atoms with E-state index in [4.69, 9.17) is 0 Å². The van der Waals surface area contributed by atoms with E-state index in [1.165, 1.54) is 22.5 Å². The molecule has 0 radical (unpaired) electrons. The van der Waals surface area contributed by atoms with E-state index in [9.17, 15) is 17.6 Å². The van der Waals surface area contributed by atoms with Gasteiger partial charge in [0, 0.05) is 30.3 Å². The molecule has 7 nitrogen and oxygen atoms in total. The largest absolute Gasteiger partial charge is 0.291 e. The standard InChI is InChI=1S/C21H19FN4O3S/c1-14-5-7-18(8-6-14)30(28,29)26-10-9-19-16(13-26)12-23-21(24-19)25-20(27)15-3-2-4-17(22)11-15/h2-8,11,13H,9-10,12H2,1H3,(H,23,25,27). The molecular formula is C21H19FN4O3S. The summed E-state index contributed by atoms with van der Waals surface area (Å²) >= 11 is 0. The number of sulfonamides is 1. The Morgan fingerprint density at radius 1 is 1.17 bits per heavy atom. The summed E-state index contributed by atoms with van der Waals surface area (Å²) in [6.07, 6.45) is 1.94. The van der Waals surface area contributed by atoms with Gasteiger partial charge in [0.05, 0.1) is 17.2 Å². The van der Waals surface area contributed by atoms with Gasteiger partial charge < -0.3 is 0 Å². The van der Waals surface area contributed by atoms with Crippen molar-refractivity contribution in [1.29, 1.82) is 0 Å². The van der Waals surface area contributed by atoms with E-state index in [1.807, 2.05) is 6.92 Å². The lowest BCUT2D eigenvalue weighted by Crippen LogP contribution is -2.37. The van der Waals surface area contributed by atoms with Gasteiger partial charge in [0.2, 0.25) is 5.96 Å². The fraction of sp³-hybridized carbons (Fsp3) is 0.190. The van der Waals surface area contributed by atoms with E-state index in [0.29, 0.717) is 17.7 Å². The van der Waals surface area contributed by atoms with Crippen LogP contribution in [0.15, 0.2) is 75.2 Å². The van der Waals surface area contributed by atoms with E-state index < -0.39 is 21.7 Å². The summed E-state index contributed by atoms with van der Waals surface area (Å²) in [7, 11) is -3.65. The van der Waals surface area contributed by atoms with Gasteiger partial charge in [0.15, 0.2) is 0 Å². The van der Waals surface area contributed by atoms with Crippen LogP contribution < -0.4 is 5.32 Å². The Balaban J connectivity index is 1.50. The Morgan fingerprint density at radius 2 is 1.93 bits per heavy atom. The van der Waals surface area contributed by atoms with Crippen LogP contribution in [0, 0.1) is 12.7 Å². The highest BCUT2D eigenvalue weighted by Gasteiger charge is 2.28. The highest BCUT2D eigenvalue weighted by molar-refractivity contribution is 7.89. The third-order valence-electron chi connectivity index (χ3n) is 4.82. The van der Waals surface area contributed by atoms with Crippen LogP contribution in [-0.2, 0) is 10.0 Å². The monoisotopic (exact) mass is 426 g/mol. The molecule has 4 rings (SSSR count). The number of carbonyl (C=O) groups is 1. The SMILES string of the molecule is Cc1ccc(S(=O)(=O)N2C=C3CN=C(NC(=O)c4cccc(F)c4)N=C3CC2)cc1. The lowest BCUT2D eigenvalue weighted by Gasteiger charge is -2.28. The van der Waals surface area contributed by atoms with Crippen LogP contribution in [0.2, 0.25) is 0 Å². The first-order valence-electron chi connectivity index (χ1n) is 9.31. The number of benzene rings is 2. The van der Waals surface area contributed by atoms with Crippen molar-refractivity contribution in [3.05, 3.63) is 77.2 Å². The summed E-state index contributed by atoms with van der Waals surface area (Å²) < 4.78 is 40.4. The molecule has 2 aliphatic rings. The van der Waals surface area contributed by atoms with Gasteiger partial charge in [-0.05, 0) is 37.3 Å². The number of amides is 1. The number of carbonyl (C=O) groups excluding carboxylic acids is 1. The average Bonchev–Trinajstić information content (AvgIpc) is 2.73. The average molecular weight is 426 g/mol. The minimum atomic E-state index is -3.65. The minimum absolute atomic E-state index is 0.131. The Morgan fingerprint density at radius 3 is 2.67 bits per heavy atom. The van der Waals surface area contributed by atoms with Crippen molar-refractivity contribution in [3.8, 4) is 0 Å². The highest BCUT2D eigenvalue weighted by Crippen LogP contribution is 2.23. The first-order valence-corrected chi connectivity index (χ1v) is 10.8. The van der Waals surface area contributed by atoms with Crippen molar-refractivity contribution >= 4 is 27.6 Å². The summed E-state index contributed by atoms with van der Waals surface area (Å²) in [6.45, 7) is 2.33. The Kier molecular flexibility index (Phi) is 5.21. The molecule has 2 aromatic rings. The summed E-state index contributed by atoms with van der Waals surface area (Å²) in [4.78, 5) is 21.0. The van der Waals surface area contributed by atoms with Crippen LogP contribution in [0.1, 0.15) is 22.3 Å². The van der Waals surface area contributed by atoms with Crippen LogP contribution in [0.4, 0.5) is 4.39 Å². The second kappa shape index (κ2) is 7.83. The second-order valence-electron chi connectivity index (χ2n) is 7.00. The van der Waals surface area contributed by atoms with Crippen LogP contribution in [-0.4, -0.2) is 43.4 Å². The van der Waals surface area contributed by atoms with Crippen molar-refractivity contribution in [2.24, 2.45) is 9.98 Å². The smallest absolute Gasteiger partial charge is 0.263 e. The zero-order valence-electron chi connectivity index (χ0n) is 16.2. The molecule has 0 aliphatic carbocycles. The molecule has 2 heterocycles. The second-order valence-corrected chi connectivity index (χ2v) is 8.89. The normalized spacial score (nSPS) is 16.2. The highest BCUT2D eigenvalue weighted by atomic mass is 32.2. The molecule has 0 atom stereocenters. The molecule has 0 saturated carbocycles. The van der Waals surface area contributed by atoms with Gasteiger partial charge in [-0.3, -0.25) is 14.4 Å². The third-order valence-corrected chi connectivity index (χ3v) is 6.59. The zero-order chi connectivity index (χ0) is 21.3. The predicted octanol–water partition coefficient (Wildman–Crippen LogP) is 2.65. The molecule has 0 bridgehead atoms. The molecule has 30 heavy (non-hydrogen) atoms. The molecule has 0 fully saturated rings. The van der Waals surface area contributed by atoms with Crippen molar-refractivity contribution in [1.82, 2.24) is 9.62 Å². The van der Waals surface area contributed by atoms with E-state index in [1.54, 1.807) is 30.5 Å². The van der Waals surface area contributed by atoms with Crippen LogP contribution >= 0.6 is 0 Å². The topological polar surface area (TPSA) is 91.2 Å². The Labute approximate surface area is 173 Å². The molecule has 9 heteroatoms. The number of halogens is 1. The molecule has 2 aromatic carbocycles. The fourth-order valence-corrected chi connectivity index (χ4v) is 4.53. The van der Waals surface area contributed by atoms with E-state index in [0.717, 1.165) is 11.6 Å². The minimum Gasteiger partial charge on any atom is -0.291 e. The molecule has 0 spiro atoms. The Hall–Kier alpha value is -3.33. The molecule has 1 N–H and O–H groups in total. The lowest BCUT2D eigenvalue weighted by molar-refractivity contribution is 0.0976. The van der Waals surface area contributed by atoms with E-state index in [2.05, 4.69) is 15.3 Å². The van der Waals surface area contributed by atoms with Gasteiger partial charge in [0.1, 0.15) is 5.82 Å². The number of rotatable bonds is 3. The number of guanidine groups is 1. The summed E-state index contributed by atoms with van der Waals surface area (Å²) in [5.41, 5.74) is 2.50. The molecule has 154 valence electrons. The molecule has 0 aromatic heterocycles. The van der Waals surface area contributed by atoms with Gasteiger partial charge in [-0.1, -0.05) is 23.8 Å². The van der Waals surface area contributed by atoms with Gasteiger partial charge in [-0.25, -0.2) is 22.8 Å². The zero-order valence-corrected chi connectivity index (χ0v) is 17.0. The van der Waals surface area contributed by atoms with Gasteiger partial charge in [0.25, 0.3) is 15.9 Å². The summed E-state index contributed by atoms with van der Waals surface area (Å²) in [5.74, 6) is -0.886. The number of nitrogens with one attached hydrogen (secondary N) is 1. The number of aliphatic imine (C=N–C) groups is 2. The first kappa shape index (κ1) is 20.0. The molecule has 1 amide bonds. The molecular weight excluding hydrogens is 407 g/mol. The maximum Gasteiger partial charge on any atom is 0.263 e. The van der Waals surface area contributed by atoms with Crippen LogP contribution in [0.5, 0.6) is 0 Å². The van der Waals surface area contributed by atoms with Crippen molar-refractivity contribution in [2.45, 2.75) is 18.2 Å². The number of fused-ring (bicyclic) bond motifs is 1. The van der Waals surface area contributed by atoms with Gasteiger partial charge >= 0.3 is 0 Å². The van der Waals surface area contributed by atoms with Crippen LogP contribution in [0.3, 0.4) is 0 Å². The number of hydrogen-bond donors (Lipinski definition) is 1. The number of aryl methyl sites for hydroxylation is 1. The van der Waals surface area contributed by atoms with Crippen molar-refractivity contribution in [2.75, 3.05) is 13.1 Å². The lowest BCUT2D eigenvalue weighted by atomic mass is 10.1. The fourth-order valence-electron chi connectivity index (χ4n) is 3.18. The quantitative estimate of drug-likeness (QED) is 0.818. The summed E-state index contributed by atoms with van der Waals surface area (Å²) in [5, 5.41) is 2.57. The molecule has 0 saturated heterocycles. The van der Waals surface area contributed by atoms with Crippen molar-refractivity contribution in [3.63, 3.8) is 0 Å². The molecule has 2 aliphatic heterocycles. The summed E-state index contributed by atoms with van der Waals surface area (Å²) in [6, 6.07) is 12.0. The first-order chi connectivity index (χ1) is 14.3. The Bertz CT molecular complexity index is 1200. The third kappa shape index (κ3) is 4.02. The predicted molar refractivity (Wildman–Crippen MR) is 111 cm³/mol. The van der Waals surface area contributed by atoms with Gasteiger partial charge in [-0.2, -0.15) is 0 Å².